The second-order valence-electron chi connectivity index (χ2n) is 7.66. The van der Waals surface area contributed by atoms with Crippen LogP contribution in [0.3, 0.4) is 0 Å². The quantitative estimate of drug-likeness (QED) is 0.518. The van der Waals surface area contributed by atoms with Crippen molar-refractivity contribution in [3.63, 3.8) is 0 Å². The maximum absolute atomic E-state index is 12.7. The molecule has 3 heterocycles. The normalized spacial score (nSPS) is 14.7. The second kappa shape index (κ2) is 10.4. The summed E-state index contributed by atoms with van der Waals surface area (Å²) in [6, 6.07) is 7.87. The molecule has 1 aliphatic heterocycles. The summed E-state index contributed by atoms with van der Waals surface area (Å²) in [6.07, 6.45) is -0.852. The molecule has 0 spiro atoms. The van der Waals surface area contributed by atoms with E-state index in [4.69, 9.17) is 15.6 Å². The van der Waals surface area contributed by atoms with Gasteiger partial charge >= 0.3 is 12.1 Å². The van der Waals surface area contributed by atoms with Gasteiger partial charge in [0.1, 0.15) is 0 Å². The number of benzene rings is 1. The van der Waals surface area contributed by atoms with Crippen molar-refractivity contribution in [2.24, 2.45) is 11.7 Å². The lowest BCUT2D eigenvalue weighted by Crippen LogP contribution is -2.40. The number of hydrogen-bond acceptors (Lipinski definition) is 6. The number of hydrogen-bond donors (Lipinski definition) is 3. The number of likely N-dealkylation sites (tertiary alicyclic amines) is 1. The number of carbonyl (C=O) groups excluding carboxylic acids is 1. The Morgan fingerprint density at radius 1 is 1.21 bits per heavy atom. The van der Waals surface area contributed by atoms with Crippen LogP contribution in [0.4, 0.5) is 13.2 Å². The van der Waals surface area contributed by atoms with E-state index in [0.29, 0.717) is 18.9 Å². The summed E-state index contributed by atoms with van der Waals surface area (Å²) in [6.45, 7) is 2.82. The number of aromatic amines is 1. The molecule has 0 bridgehead atoms. The molecule has 10 nitrogen and oxygen atoms in total. The zero-order valence-electron chi connectivity index (χ0n) is 17.6. The van der Waals surface area contributed by atoms with Crippen LogP contribution in [-0.4, -0.2) is 66.3 Å². The predicted octanol–water partition coefficient (Wildman–Crippen LogP) is 1.73. The van der Waals surface area contributed by atoms with E-state index in [1.165, 1.54) is 0 Å². The number of carbonyl (C=O) groups is 2. The molecule has 1 aromatic carbocycles. The van der Waals surface area contributed by atoms with Crippen molar-refractivity contribution < 1.29 is 27.9 Å². The van der Waals surface area contributed by atoms with Gasteiger partial charge in [0.15, 0.2) is 0 Å². The summed E-state index contributed by atoms with van der Waals surface area (Å²) >= 11 is 0. The monoisotopic (exact) mass is 467 g/mol. The first-order valence-corrected chi connectivity index (χ1v) is 10.3. The molecule has 1 fully saturated rings. The summed E-state index contributed by atoms with van der Waals surface area (Å²) in [5, 5.41) is 23.6. The van der Waals surface area contributed by atoms with Gasteiger partial charge in [-0.1, -0.05) is 23.4 Å². The van der Waals surface area contributed by atoms with E-state index in [2.05, 4.69) is 20.5 Å². The molecule has 1 aliphatic rings. The van der Waals surface area contributed by atoms with E-state index >= 15 is 0 Å². The molecule has 3 aromatic rings. The van der Waals surface area contributed by atoms with E-state index in [9.17, 15) is 18.0 Å². The average Bonchev–Trinajstić information content (AvgIpc) is 3.41. The molecule has 4 rings (SSSR count). The number of rotatable bonds is 5. The number of nitrogens with two attached hydrogens (primary N) is 1. The highest BCUT2D eigenvalue weighted by Gasteiger charge is 2.38. The molecular weight excluding hydrogens is 443 g/mol. The van der Waals surface area contributed by atoms with Crippen LogP contribution in [0.25, 0.3) is 10.9 Å². The molecule has 0 unspecified atom stereocenters. The zero-order valence-corrected chi connectivity index (χ0v) is 17.6. The second-order valence-corrected chi connectivity index (χ2v) is 7.66. The number of carboxylic acid groups (broad SMARTS) is 1. The van der Waals surface area contributed by atoms with Gasteiger partial charge in [0.05, 0.1) is 23.3 Å². The number of piperidine rings is 1. The SMILES string of the molecule is NCc1cn(CC2CCN(C(=O)Cc3[nH]nc4ccccc34)CC2)nn1.O=C(O)C(F)(F)F. The Bertz CT molecular complexity index is 1090. The lowest BCUT2D eigenvalue weighted by molar-refractivity contribution is -0.192. The number of halogens is 3. The fourth-order valence-corrected chi connectivity index (χ4v) is 3.56. The summed E-state index contributed by atoms with van der Waals surface area (Å²) in [5.41, 5.74) is 8.18. The number of aromatic nitrogens is 5. The number of amides is 1. The highest BCUT2D eigenvalue weighted by Crippen LogP contribution is 2.21. The zero-order chi connectivity index (χ0) is 24.0. The van der Waals surface area contributed by atoms with Gasteiger partial charge in [0.25, 0.3) is 0 Å². The fraction of sp³-hybridized carbons (Fsp3) is 0.450. The van der Waals surface area contributed by atoms with Gasteiger partial charge in [-0.05, 0) is 24.8 Å². The number of para-hydroxylation sites is 1. The van der Waals surface area contributed by atoms with E-state index in [1.54, 1.807) is 0 Å². The van der Waals surface area contributed by atoms with Gasteiger partial charge < -0.3 is 15.7 Å². The molecule has 0 atom stereocenters. The fourth-order valence-electron chi connectivity index (χ4n) is 3.56. The van der Waals surface area contributed by atoms with Crippen LogP contribution < -0.4 is 5.73 Å². The highest BCUT2D eigenvalue weighted by atomic mass is 19.4. The van der Waals surface area contributed by atoms with E-state index in [-0.39, 0.29) is 5.91 Å². The Morgan fingerprint density at radius 2 is 1.88 bits per heavy atom. The summed E-state index contributed by atoms with van der Waals surface area (Å²) in [5.74, 6) is -2.09. The van der Waals surface area contributed by atoms with Gasteiger partial charge in [0.2, 0.25) is 5.91 Å². The summed E-state index contributed by atoms with van der Waals surface area (Å²) in [7, 11) is 0. The van der Waals surface area contributed by atoms with Gasteiger partial charge in [0, 0.05) is 37.8 Å². The average molecular weight is 467 g/mol. The largest absolute Gasteiger partial charge is 0.490 e. The van der Waals surface area contributed by atoms with Gasteiger partial charge in [-0.3, -0.25) is 14.6 Å². The lowest BCUT2D eigenvalue weighted by Gasteiger charge is -2.31. The Kier molecular flexibility index (Phi) is 7.63. The molecule has 0 aliphatic carbocycles. The number of alkyl halides is 3. The topological polar surface area (TPSA) is 143 Å². The number of aliphatic carboxylic acids is 1. The third kappa shape index (κ3) is 6.51. The van der Waals surface area contributed by atoms with Crippen molar-refractivity contribution >= 4 is 22.8 Å². The van der Waals surface area contributed by atoms with Gasteiger partial charge in [-0.2, -0.15) is 18.3 Å². The maximum Gasteiger partial charge on any atom is 0.490 e. The number of H-pyrrole nitrogens is 1. The first kappa shape index (κ1) is 24.2. The van der Waals surface area contributed by atoms with E-state index in [0.717, 1.165) is 54.8 Å². The van der Waals surface area contributed by atoms with Crippen molar-refractivity contribution in [2.45, 2.75) is 38.5 Å². The molecule has 13 heteroatoms. The minimum atomic E-state index is -5.08. The van der Waals surface area contributed by atoms with Gasteiger partial charge in [-0.25, -0.2) is 4.79 Å². The summed E-state index contributed by atoms with van der Waals surface area (Å²) in [4.78, 5) is 23.5. The van der Waals surface area contributed by atoms with Crippen molar-refractivity contribution in [1.82, 2.24) is 30.1 Å². The first-order chi connectivity index (χ1) is 15.7. The molecule has 33 heavy (non-hydrogen) atoms. The molecule has 4 N–H and O–H groups in total. The van der Waals surface area contributed by atoms with Crippen molar-refractivity contribution in [1.29, 1.82) is 0 Å². The summed E-state index contributed by atoms with van der Waals surface area (Å²) < 4.78 is 33.6. The highest BCUT2D eigenvalue weighted by molar-refractivity contribution is 5.87. The number of nitrogens with zero attached hydrogens (tertiary/aromatic N) is 5. The first-order valence-electron chi connectivity index (χ1n) is 10.3. The van der Waals surface area contributed by atoms with E-state index < -0.39 is 12.1 Å². The third-order valence-electron chi connectivity index (χ3n) is 5.32. The molecule has 1 saturated heterocycles. The molecule has 178 valence electrons. The molecule has 2 aromatic heterocycles. The van der Waals surface area contributed by atoms with Crippen molar-refractivity contribution in [3.8, 4) is 0 Å². The van der Waals surface area contributed by atoms with Crippen LogP contribution >= 0.6 is 0 Å². The maximum atomic E-state index is 12.7. The Hall–Kier alpha value is -3.48. The standard InChI is InChI=1S/C18H23N7O.C2HF3O2/c19-10-14-12-25(23-20-14)11-13-5-7-24(8-6-13)18(26)9-17-15-3-1-2-4-16(15)21-22-17;3-2(4,5)1(6)7/h1-4,12-13H,5-11,19H2,(H,21,22);(H,6,7). The van der Waals surface area contributed by atoms with Crippen LogP contribution in [-0.2, 0) is 29.1 Å². The van der Waals surface area contributed by atoms with Crippen LogP contribution in [0.15, 0.2) is 30.5 Å². The van der Waals surface area contributed by atoms with Crippen molar-refractivity contribution in [2.75, 3.05) is 13.1 Å². The molecule has 0 radical (unpaired) electrons. The Morgan fingerprint density at radius 3 is 2.48 bits per heavy atom. The third-order valence-corrected chi connectivity index (χ3v) is 5.32. The Labute approximate surface area is 186 Å². The van der Waals surface area contributed by atoms with Crippen molar-refractivity contribution in [3.05, 3.63) is 41.9 Å². The smallest absolute Gasteiger partial charge is 0.475 e. The number of carboxylic acids is 1. The van der Waals surface area contributed by atoms with Gasteiger partial charge in [-0.15, -0.1) is 5.10 Å². The minimum absolute atomic E-state index is 0.157. The van der Waals surface area contributed by atoms with Crippen LogP contribution in [0.5, 0.6) is 0 Å². The molecule has 0 saturated carbocycles. The lowest BCUT2D eigenvalue weighted by atomic mass is 9.96. The van der Waals surface area contributed by atoms with Crippen LogP contribution in [0.2, 0.25) is 0 Å². The van der Waals surface area contributed by atoms with Crippen LogP contribution in [0.1, 0.15) is 24.2 Å². The molecular formula is C20H24F3N7O3. The van der Waals surface area contributed by atoms with E-state index in [1.807, 2.05) is 40.0 Å². The molecule has 1 amide bonds. The predicted molar refractivity (Wildman–Crippen MR) is 111 cm³/mol. The van der Waals surface area contributed by atoms with Crippen LogP contribution in [0, 0.1) is 5.92 Å². The Balaban J connectivity index is 0.000000383. The number of fused-ring (bicyclic) bond motifs is 1. The number of nitrogens with one attached hydrogen (secondary N) is 1. The minimum Gasteiger partial charge on any atom is -0.475 e.